The molecule has 2 nitrogen and oxygen atoms in total. The highest BCUT2D eigenvalue weighted by atomic mass is 15.1. The van der Waals surface area contributed by atoms with Crippen molar-refractivity contribution >= 4 is 0 Å². The van der Waals surface area contributed by atoms with Crippen molar-refractivity contribution in [3.63, 3.8) is 0 Å². The zero-order valence-corrected chi connectivity index (χ0v) is 12.2. The Labute approximate surface area is 111 Å². The predicted molar refractivity (Wildman–Crippen MR) is 76.4 cm³/mol. The minimum absolute atomic E-state index is 0.0935. The summed E-state index contributed by atoms with van der Waals surface area (Å²) < 4.78 is 0. The second-order valence-electron chi connectivity index (χ2n) is 5.24. The topological polar surface area (TPSA) is 27.0 Å². The van der Waals surface area contributed by atoms with Crippen LogP contribution >= 0.6 is 0 Å². The highest BCUT2D eigenvalue weighted by Gasteiger charge is 2.11. The van der Waals surface area contributed by atoms with E-state index < -0.39 is 0 Å². The van der Waals surface area contributed by atoms with Gasteiger partial charge in [-0.2, -0.15) is 5.26 Å². The third kappa shape index (κ3) is 3.85. The highest BCUT2D eigenvalue weighted by Crippen LogP contribution is 2.18. The molecule has 0 aromatic heterocycles. The first-order valence-electron chi connectivity index (χ1n) is 6.66. The lowest BCUT2D eigenvalue weighted by Crippen LogP contribution is -2.28. The minimum atomic E-state index is 0.0935. The van der Waals surface area contributed by atoms with Gasteiger partial charge in [0.2, 0.25) is 0 Å². The van der Waals surface area contributed by atoms with Crippen LogP contribution in [-0.4, -0.2) is 18.0 Å². The van der Waals surface area contributed by atoms with Crippen LogP contribution in [0.25, 0.3) is 0 Å². The monoisotopic (exact) mass is 244 g/mol. The molecule has 0 bridgehead atoms. The van der Waals surface area contributed by atoms with Gasteiger partial charge in [-0.15, -0.1) is 0 Å². The van der Waals surface area contributed by atoms with E-state index in [9.17, 15) is 0 Å². The van der Waals surface area contributed by atoms with Gasteiger partial charge >= 0.3 is 0 Å². The summed E-state index contributed by atoms with van der Waals surface area (Å²) in [4.78, 5) is 2.35. The lowest BCUT2D eigenvalue weighted by atomic mass is 9.99. The molecule has 0 radical (unpaired) electrons. The number of hydrogen-bond donors (Lipinski definition) is 0. The van der Waals surface area contributed by atoms with Crippen LogP contribution in [0.2, 0.25) is 0 Å². The SMILES string of the molecule is CCN(Cc1c(C)cc(C)cc1C)CC(C)C#N. The van der Waals surface area contributed by atoms with Crippen LogP contribution in [0, 0.1) is 38.0 Å². The van der Waals surface area contributed by atoms with Crippen molar-refractivity contribution in [3.05, 3.63) is 34.4 Å². The molecule has 98 valence electrons. The van der Waals surface area contributed by atoms with E-state index in [0.29, 0.717) is 0 Å². The fourth-order valence-electron chi connectivity index (χ4n) is 2.42. The predicted octanol–water partition coefficient (Wildman–Crippen LogP) is 3.59. The van der Waals surface area contributed by atoms with Crippen molar-refractivity contribution in [2.75, 3.05) is 13.1 Å². The smallest absolute Gasteiger partial charge is 0.0666 e. The minimum Gasteiger partial charge on any atom is -0.298 e. The molecule has 2 heteroatoms. The molecule has 0 amide bonds. The number of nitriles is 1. The Morgan fingerprint density at radius 3 is 2.22 bits per heavy atom. The zero-order valence-electron chi connectivity index (χ0n) is 12.2. The fourth-order valence-corrected chi connectivity index (χ4v) is 2.42. The number of aryl methyl sites for hydroxylation is 3. The summed E-state index contributed by atoms with van der Waals surface area (Å²) in [7, 11) is 0. The quantitative estimate of drug-likeness (QED) is 0.791. The Hall–Kier alpha value is -1.33. The summed E-state index contributed by atoms with van der Waals surface area (Å²) in [5.41, 5.74) is 5.45. The largest absolute Gasteiger partial charge is 0.298 e. The van der Waals surface area contributed by atoms with E-state index in [0.717, 1.165) is 19.6 Å². The Bertz CT molecular complexity index is 420. The number of nitrogens with zero attached hydrogens (tertiary/aromatic N) is 2. The van der Waals surface area contributed by atoms with E-state index in [1.807, 2.05) is 6.92 Å². The lowest BCUT2D eigenvalue weighted by Gasteiger charge is -2.24. The van der Waals surface area contributed by atoms with Gasteiger partial charge in [0, 0.05) is 13.1 Å². The first-order chi connectivity index (χ1) is 8.47. The molecular weight excluding hydrogens is 220 g/mol. The van der Waals surface area contributed by atoms with Crippen LogP contribution in [0.15, 0.2) is 12.1 Å². The van der Waals surface area contributed by atoms with Crippen LogP contribution < -0.4 is 0 Å². The number of benzene rings is 1. The Balaban J connectivity index is 2.86. The van der Waals surface area contributed by atoms with E-state index in [2.05, 4.69) is 50.8 Å². The molecule has 0 aliphatic heterocycles. The van der Waals surface area contributed by atoms with Gasteiger partial charge in [0.05, 0.1) is 12.0 Å². The average Bonchev–Trinajstić information content (AvgIpc) is 2.31. The average molecular weight is 244 g/mol. The molecule has 0 spiro atoms. The third-order valence-corrected chi connectivity index (χ3v) is 3.42. The van der Waals surface area contributed by atoms with Crippen molar-refractivity contribution in [2.45, 2.75) is 41.2 Å². The van der Waals surface area contributed by atoms with E-state index in [1.165, 1.54) is 22.3 Å². The van der Waals surface area contributed by atoms with Gasteiger partial charge in [0.25, 0.3) is 0 Å². The van der Waals surface area contributed by atoms with Crippen molar-refractivity contribution in [3.8, 4) is 6.07 Å². The molecule has 1 rings (SSSR count). The van der Waals surface area contributed by atoms with Gasteiger partial charge in [-0.05, 0) is 50.9 Å². The molecule has 1 unspecified atom stereocenters. The van der Waals surface area contributed by atoms with Gasteiger partial charge in [-0.1, -0.05) is 24.6 Å². The highest BCUT2D eigenvalue weighted by molar-refractivity contribution is 5.37. The maximum absolute atomic E-state index is 8.91. The molecule has 0 saturated heterocycles. The van der Waals surface area contributed by atoms with Crippen LogP contribution in [-0.2, 0) is 6.54 Å². The molecule has 0 fully saturated rings. The van der Waals surface area contributed by atoms with E-state index in [-0.39, 0.29) is 5.92 Å². The molecule has 1 atom stereocenters. The standard InChI is InChI=1S/C16H24N2/c1-6-18(10-13(3)9-17)11-16-14(4)7-12(2)8-15(16)5/h7-8,13H,6,10-11H2,1-5H3. The summed E-state index contributed by atoms with van der Waals surface area (Å²) >= 11 is 0. The normalized spacial score (nSPS) is 12.5. The van der Waals surface area contributed by atoms with E-state index in [1.54, 1.807) is 0 Å². The first-order valence-corrected chi connectivity index (χ1v) is 6.66. The second kappa shape index (κ2) is 6.56. The molecule has 0 aliphatic carbocycles. The van der Waals surface area contributed by atoms with Crippen molar-refractivity contribution in [2.24, 2.45) is 5.92 Å². The molecule has 0 heterocycles. The summed E-state index contributed by atoms with van der Waals surface area (Å²) in [6.07, 6.45) is 0. The van der Waals surface area contributed by atoms with E-state index in [4.69, 9.17) is 5.26 Å². The van der Waals surface area contributed by atoms with Crippen LogP contribution in [0.3, 0.4) is 0 Å². The third-order valence-electron chi connectivity index (χ3n) is 3.42. The fraction of sp³-hybridized carbons (Fsp3) is 0.562. The Morgan fingerprint density at radius 2 is 1.78 bits per heavy atom. The van der Waals surface area contributed by atoms with Gasteiger partial charge in [0.1, 0.15) is 0 Å². The van der Waals surface area contributed by atoms with Crippen molar-refractivity contribution in [1.82, 2.24) is 4.90 Å². The molecule has 1 aromatic rings. The molecule has 0 aliphatic rings. The van der Waals surface area contributed by atoms with Crippen LogP contribution in [0.1, 0.15) is 36.1 Å². The number of rotatable bonds is 5. The van der Waals surface area contributed by atoms with Crippen molar-refractivity contribution in [1.29, 1.82) is 5.26 Å². The maximum Gasteiger partial charge on any atom is 0.0666 e. The van der Waals surface area contributed by atoms with Gasteiger partial charge in [0.15, 0.2) is 0 Å². The summed E-state index contributed by atoms with van der Waals surface area (Å²) in [6.45, 7) is 13.4. The second-order valence-corrected chi connectivity index (χ2v) is 5.24. The van der Waals surface area contributed by atoms with Crippen molar-refractivity contribution < 1.29 is 0 Å². The molecular formula is C16H24N2. The Kier molecular flexibility index (Phi) is 5.37. The van der Waals surface area contributed by atoms with Gasteiger partial charge in [-0.3, -0.25) is 4.90 Å². The molecule has 18 heavy (non-hydrogen) atoms. The summed E-state index contributed by atoms with van der Waals surface area (Å²) in [5.74, 6) is 0.0935. The van der Waals surface area contributed by atoms with Gasteiger partial charge < -0.3 is 0 Å². The number of hydrogen-bond acceptors (Lipinski definition) is 2. The zero-order chi connectivity index (χ0) is 13.7. The first kappa shape index (κ1) is 14.7. The van der Waals surface area contributed by atoms with E-state index >= 15 is 0 Å². The molecule has 0 saturated carbocycles. The maximum atomic E-state index is 8.91. The summed E-state index contributed by atoms with van der Waals surface area (Å²) in [6, 6.07) is 6.79. The Morgan fingerprint density at radius 1 is 1.22 bits per heavy atom. The molecule has 1 aromatic carbocycles. The van der Waals surface area contributed by atoms with Crippen LogP contribution in [0.4, 0.5) is 0 Å². The lowest BCUT2D eigenvalue weighted by molar-refractivity contribution is 0.259. The van der Waals surface area contributed by atoms with Crippen LogP contribution in [0.5, 0.6) is 0 Å². The van der Waals surface area contributed by atoms with Gasteiger partial charge in [-0.25, -0.2) is 0 Å². The molecule has 0 N–H and O–H groups in total. The summed E-state index contributed by atoms with van der Waals surface area (Å²) in [5, 5.41) is 8.91.